The molecular formula is C16H31NaO2. The molecular weight excluding hydrogens is 247 g/mol. The molecule has 0 heterocycles. The molecule has 0 bridgehead atoms. The van der Waals surface area contributed by atoms with Crippen LogP contribution in [0, 0.1) is 5.41 Å². The monoisotopic (exact) mass is 278 g/mol. The summed E-state index contributed by atoms with van der Waals surface area (Å²) in [6, 6.07) is 0. The van der Waals surface area contributed by atoms with Gasteiger partial charge in [0, 0.05) is 11.4 Å². The summed E-state index contributed by atoms with van der Waals surface area (Å²) < 4.78 is 0. The molecule has 0 atom stereocenters. The first-order valence-corrected chi connectivity index (χ1v) is 7.72. The molecule has 108 valence electrons. The largest absolute Gasteiger partial charge is 1.00 e. The van der Waals surface area contributed by atoms with Crippen LogP contribution < -0.4 is 34.7 Å². The third-order valence-corrected chi connectivity index (χ3v) is 3.71. The first-order valence-electron chi connectivity index (χ1n) is 7.72. The number of carboxylic acids is 1. The van der Waals surface area contributed by atoms with Gasteiger partial charge in [0.05, 0.1) is 0 Å². The molecule has 0 saturated heterocycles. The van der Waals surface area contributed by atoms with Gasteiger partial charge in [-0.25, -0.2) is 0 Å². The molecule has 0 aromatic rings. The molecule has 2 nitrogen and oxygen atoms in total. The fraction of sp³-hybridized carbons (Fsp3) is 0.938. The van der Waals surface area contributed by atoms with Crippen molar-refractivity contribution in [3.05, 3.63) is 0 Å². The van der Waals surface area contributed by atoms with E-state index in [0.29, 0.717) is 0 Å². The summed E-state index contributed by atoms with van der Waals surface area (Å²) in [4.78, 5) is 10.8. The number of carboxylic acid groups (broad SMARTS) is 1. The Morgan fingerprint density at radius 3 is 1.58 bits per heavy atom. The molecule has 0 aromatic carbocycles. The number of aliphatic carboxylic acids is 1. The number of hydrogen-bond acceptors (Lipinski definition) is 2. The van der Waals surface area contributed by atoms with Crippen LogP contribution in [0.1, 0.15) is 91.4 Å². The zero-order valence-electron chi connectivity index (χ0n) is 13.6. The van der Waals surface area contributed by atoms with Crippen molar-refractivity contribution in [2.24, 2.45) is 5.41 Å². The average molecular weight is 278 g/mol. The predicted molar refractivity (Wildman–Crippen MR) is 75.2 cm³/mol. The third-order valence-electron chi connectivity index (χ3n) is 3.71. The smallest absolute Gasteiger partial charge is 0.550 e. The first kappa shape index (κ1) is 21.8. The molecule has 0 aliphatic rings. The Morgan fingerprint density at radius 2 is 1.21 bits per heavy atom. The summed E-state index contributed by atoms with van der Waals surface area (Å²) >= 11 is 0. The number of unbranched alkanes of at least 4 members (excludes halogenated alkanes) is 9. The van der Waals surface area contributed by atoms with Gasteiger partial charge < -0.3 is 9.90 Å². The van der Waals surface area contributed by atoms with Crippen LogP contribution in [-0.4, -0.2) is 5.97 Å². The SMILES string of the molecule is CCCCCCCCCCCCC(C)(C)C(=O)[O-].[Na+]. The normalized spacial score (nSPS) is 11.1. The minimum absolute atomic E-state index is 0. The van der Waals surface area contributed by atoms with Crippen LogP contribution in [-0.2, 0) is 4.79 Å². The number of hydrogen-bond donors (Lipinski definition) is 0. The summed E-state index contributed by atoms with van der Waals surface area (Å²) in [5.74, 6) is -0.918. The zero-order valence-corrected chi connectivity index (χ0v) is 15.6. The predicted octanol–water partition coefficient (Wildman–Crippen LogP) is 1.08. The Balaban J connectivity index is 0. The van der Waals surface area contributed by atoms with Gasteiger partial charge in [0.2, 0.25) is 0 Å². The fourth-order valence-electron chi connectivity index (χ4n) is 2.16. The second kappa shape index (κ2) is 13.5. The maximum absolute atomic E-state index is 10.8. The van der Waals surface area contributed by atoms with Crippen LogP contribution >= 0.6 is 0 Å². The molecule has 0 unspecified atom stereocenters. The Hall–Kier alpha value is 0.470. The summed E-state index contributed by atoms with van der Waals surface area (Å²) in [7, 11) is 0. The van der Waals surface area contributed by atoms with Gasteiger partial charge >= 0.3 is 29.6 Å². The van der Waals surface area contributed by atoms with Crippen molar-refractivity contribution >= 4 is 5.97 Å². The second-order valence-corrected chi connectivity index (χ2v) is 6.10. The summed E-state index contributed by atoms with van der Waals surface area (Å²) in [5, 5.41) is 10.8. The van der Waals surface area contributed by atoms with E-state index in [1.807, 2.05) is 0 Å². The maximum atomic E-state index is 10.8. The summed E-state index contributed by atoms with van der Waals surface area (Å²) in [5.41, 5.74) is -0.653. The quantitative estimate of drug-likeness (QED) is 0.396. The molecule has 0 saturated carbocycles. The molecule has 0 rings (SSSR count). The van der Waals surface area contributed by atoms with Crippen LogP contribution in [0.2, 0.25) is 0 Å². The molecule has 0 radical (unpaired) electrons. The van der Waals surface area contributed by atoms with Gasteiger partial charge in [0.1, 0.15) is 0 Å². The van der Waals surface area contributed by atoms with E-state index in [2.05, 4.69) is 6.92 Å². The van der Waals surface area contributed by atoms with Crippen molar-refractivity contribution in [3.63, 3.8) is 0 Å². The molecule has 3 heteroatoms. The zero-order chi connectivity index (χ0) is 13.9. The van der Waals surface area contributed by atoms with Crippen LogP contribution in [0.5, 0.6) is 0 Å². The van der Waals surface area contributed by atoms with Gasteiger partial charge in [-0.05, 0) is 6.42 Å². The summed E-state index contributed by atoms with van der Waals surface area (Å²) in [6.07, 6.45) is 13.6. The minimum Gasteiger partial charge on any atom is -0.550 e. The molecule has 19 heavy (non-hydrogen) atoms. The van der Waals surface area contributed by atoms with Crippen molar-refractivity contribution in [1.82, 2.24) is 0 Å². The Kier molecular flexibility index (Phi) is 15.4. The van der Waals surface area contributed by atoms with Gasteiger partial charge in [-0.3, -0.25) is 0 Å². The van der Waals surface area contributed by atoms with E-state index in [4.69, 9.17) is 0 Å². The topological polar surface area (TPSA) is 40.1 Å². The summed E-state index contributed by atoms with van der Waals surface area (Å²) in [6.45, 7) is 5.76. The van der Waals surface area contributed by atoms with Gasteiger partial charge in [0.25, 0.3) is 0 Å². The van der Waals surface area contributed by atoms with E-state index < -0.39 is 11.4 Å². The van der Waals surface area contributed by atoms with Gasteiger partial charge in [-0.2, -0.15) is 0 Å². The molecule has 0 aliphatic carbocycles. The van der Waals surface area contributed by atoms with Crippen molar-refractivity contribution in [2.45, 2.75) is 91.4 Å². The van der Waals surface area contributed by atoms with Gasteiger partial charge in [-0.1, -0.05) is 85.0 Å². The van der Waals surface area contributed by atoms with Gasteiger partial charge in [-0.15, -0.1) is 0 Å². The Morgan fingerprint density at radius 1 is 0.842 bits per heavy atom. The number of carbonyl (C=O) groups excluding carboxylic acids is 1. The van der Waals surface area contributed by atoms with E-state index in [1.165, 1.54) is 51.4 Å². The van der Waals surface area contributed by atoms with E-state index >= 15 is 0 Å². The standard InChI is InChI=1S/C16H32O2.Na/c1-4-5-6-7-8-9-10-11-12-13-14-16(2,3)15(17)18;/h4-14H2,1-3H3,(H,17,18);/q;+1/p-1. The number of rotatable bonds is 12. The minimum atomic E-state index is -0.918. The number of carbonyl (C=O) groups is 1. The molecule has 0 amide bonds. The van der Waals surface area contributed by atoms with Crippen molar-refractivity contribution in [2.75, 3.05) is 0 Å². The third kappa shape index (κ3) is 13.2. The van der Waals surface area contributed by atoms with Crippen LogP contribution in [0.3, 0.4) is 0 Å². The van der Waals surface area contributed by atoms with E-state index in [1.54, 1.807) is 13.8 Å². The fourth-order valence-corrected chi connectivity index (χ4v) is 2.16. The maximum Gasteiger partial charge on any atom is 1.00 e. The van der Waals surface area contributed by atoms with Crippen LogP contribution in [0.15, 0.2) is 0 Å². The van der Waals surface area contributed by atoms with Crippen LogP contribution in [0.4, 0.5) is 0 Å². The molecule has 0 aromatic heterocycles. The van der Waals surface area contributed by atoms with Gasteiger partial charge in [0.15, 0.2) is 0 Å². The van der Waals surface area contributed by atoms with E-state index in [0.717, 1.165) is 19.3 Å². The Bertz CT molecular complexity index is 215. The molecule has 0 fully saturated rings. The van der Waals surface area contributed by atoms with Crippen molar-refractivity contribution in [3.8, 4) is 0 Å². The molecule has 0 N–H and O–H groups in total. The van der Waals surface area contributed by atoms with Crippen LogP contribution in [0.25, 0.3) is 0 Å². The van der Waals surface area contributed by atoms with E-state index in [-0.39, 0.29) is 29.6 Å². The Labute approximate surface area is 142 Å². The van der Waals surface area contributed by atoms with Crippen molar-refractivity contribution in [1.29, 1.82) is 0 Å². The molecule has 0 spiro atoms. The second-order valence-electron chi connectivity index (χ2n) is 6.10. The molecule has 0 aliphatic heterocycles. The van der Waals surface area contributed by atoms with E-state index in [9.17, 15) is 9.90 Å². The average Bonchev–Trinajstić information content (AvgIpc) is 2.31. The van der Waals surface area contributed by atoms with Crippen molar-refractivity contribution < 1.29 is 39.5 Å². The first-order chi connectivity index (χ1) is 8.50.